The van der Waals surface area contributed by atoms with Crippen LogP contribution in [0.4, 0.5) is 9.59 Å². The summed E-state index contributed by atoms with van der Waals surface area (Å²) < 4.78 is 14.8. The predicted octanol–water partition coefficient (Wildman–Crippen LogP) is 9.94. The third kappa shape index (κ3) is 8.90. The van der Waals surface area contributed by atoms with Gasteiger partial charge in [0, 0.05) is 47.7 Å². The number of aromatic nitrogens is 6. The van der Waals surface area contributed by atoms with Crippen molar-refractivity contribution in [2.24, 2.45) is 0 Å². The zero-order chi connectivity index (χ0) is 39.8. The van der Waals surface area contributed by atoms with E-state index in [-0.39, 0.29) is 24.3 Å². The van der Waals surface area contributed by atoms with Gasteiger partial charge in [0.05, 0.1) is 29.2 Å². The number of ether oxygens (including phenoxy) is 2. The van der Waals surface area contributed by atoms with Gasteiger partial charge in [-0.05, 0) is 113 Å². The van der Waals surface area contributed by atoms with Crippen LogP contribution < -0.4 is 0 Å². The molecule has 7 rings (SSSR count). The van der Waals surface area contributed by atoms with E-state index in [1.165, 1.54) is 0 Å². The molecule has 12 nitrogen and oxygen atoms in total. The quantitative estimate of drug-likeness (QED) is 0.166. The number of aryl methyl sites for hydroxylation is 2. The van der Waals surface area contributed by atoms with E-state index in [0.29, 0.717) is 23.9 Å². The Kier molecular flexibility index (Phi) is 11.5. The maximum atomic E-state index is 12.9. The molecule has 2 atom stereocenters. The van der Waals surface area contributed by atoms with Gasteiger partial charge in [-0.15, -0.1) is 0 Å². The summed E-state index contributed by atoms with van der Waals surface area (Å²) in [6.45, 7) is 20.7. The van der Waals surface area contributed by atoms with Crippen LogP contribution in [-0.2, 0) is 9.47 Å². The normalized spacial score (nSPS) is 17.9. The molecule has 2 fully saturated rings. The van der Waals surface area contributed by atoms with Gasteiger partial charge < -0.3 is 9.47 Å². The van der Waals surface area contributed by atoms with Gasteiger partial charge in [-0.3, -0.25) is 9.80 Å². The Bertz CT molecular complexity index is 2180. The number of rotatable bonds is 3. The van der Waals surface area contributed by atoms with Crippen molar-refractivity contribution in [2.45, 2.75) is 131 Å². The molecular weight excluding hydrogens is 716 g/mol. The SMILES string of the molecule is Cc1nc2cc([C@@H]3CCCCN3C(=O)OC(C)(C)C)nn2c(-c2ccccc2)c1C.Cc1nc2cc([C@@H]3CCCCN3C(=O)OC(C)(C)C)nn2c(Cl)c1C. The van der Waals surface area contributed by atoms with Crippen LogP contribution in [0.25, 0.3) is 22.6 Å². The molecule has 0 unspecified atom stereocenters. The molecule has 4 aromatic heterocycles. The van der Waals surface area contributed by atoms with Crippen molar-refractivity contribution in [3.8, 4) is 11.3 Å². The third-order valence-corrected chi connectivity index (χ3v) is 10.6. The Morgan fingerprint density at radius 1 is 0.673 bits per heavy atom. The Morgan fingerprint density at radius 3 is 1.62 bits per heavy atom. The highest BCUT2D eigenvalue weighted by atomic mass is 35.5. The summed E-state index contributed by atoms with van der Waals surface area (Å²) in [5, 5.41) is 10.2. The molecule has 55 heavy (non-hydrogen) atoms. The molecule has 0 saturated carbocycles. The molecule has 1 aromatic carbocycles. The lowest BCUT2D eigenvalue weighted by atomic mass is 10.00. The van der Waals surface area contributed by atoms with Crippen LogP contribution in [0, 0.1) is 27.7 Å². The van der Waals surface area contributed by atoms with E-state index in [9.17, 15) is 9.59 Å². The minimum absolute atomic E-state index is 0.0977. The Hall–Kier alpha value is -4.71. The maximum Gasteiger partial charge on any atom is 0.410 e. The summed E-state index contributed by atoms with van der Waals surface area (Å²) in [7, 11) is 0. The molecule has 0 aliphatic carbocycles. The van der Waals surface area contributed by atoms with Crippen molar-refractivity contribution in [1.82, 2.24) is 39.0 Å². The molecule has 2 amide bonds. The van der Waals surface area contributed by atoms with Gasteiger partial charge in [0.15, 0.2) is 11.3 Å². The minimum Gasteiger partial charge on any atom is -0.444 e. The molecule has 2 saturated heterocycles. The highest BCUT2D eigenvalue weighted by molar-refractivity contribution is 6.30. The van der Waals surface area contributed by atoms with Crippen LogP contribution in [-0.4, -0.2) is 75.5 Å². The summed E-state index contributed by atoms with van der Waals surface area (Å²) >= 11 is 6.42. The number of halogens is 1. The van der Waals surface area contributed by atoms with Gasteiger partial charge >= 0.3 is 12.2 Å². The van der Waals surface area contributed by atoms with Gasteiger partial charge in [-0.2, -0.15) is 10.2 Å². The number of fused-ring (bicyclic) bond motifs is 2. The van der Waals surface area contributed by atoms with Crippen LogP contribution in [0.5, 0.6) is 0 Å². The fourth-order valence-electron chi connectivity index (χ4n) is 7.21. The number of piperidine rings is 2. The molecule has 0 radical (unpaired) electrons. The number of hydrogen-bond donors (Lipinski definition) is 0. The molecule has 294 valence electrons. The van der Waals surface area contributed by atoms with Crippen molar-refractivity contribution in [3.63, 3.8) is 0 Å². The largest absolute Gasteiger partial charge is 0.444 e. The first-order valence-electron chi connectivity index (χ1n) is 19.4. The number of benzene rings is 1. The van der Waals surface area contributed by atoms with Gasteiger partial charge in [-0.1, -0.05) is 41.9 Å². The molecule has 0 N–H and O–H groups in total. The first-order valence-corrected chi connectivity index (χ1v) is 19.7. The van der Waals surface area contributed by atoms with Crippen LogP contribution in [0.1, 0.15) is 126 Å². The van der Waals surface area contributed by atoms with Gasteiger partial charge in [0.25, 0.3) is 0 Å². The zero-order valence-electron chi connectivity index (χ0n) is 33.9. The van der Waals surface area contributed by atoms with Gasteiger partial charge in [0.2, 0.25) is 0 Å². The number of carbonyl (C=O) groups is 2. The third-order valence-electron chi connectivity index (χ3n) is 10.1. The number of amides is 2. The van der Waals surface area contributed by atoms with E-state index in [2.05, 4.69) is 29.1 Å². The summed E-state index contributed by atoms with van der Waals surface area (Å²) in [6, 6.07) is 14.0. The summed E-state index contributed by atoms with van der Waals surface area (Å²) in [5.41, 5.74) is 8.20. The molecule has 0 spiro atoms. The lowest BCUT2D eigenvalue weighted by Crippen LogP contribution is -2.42. The predicted molar refractivity (Wildman–Crippen MR) is 214 cm³/mol. The average Bonchev–Trinajstić information content (AvgIpc) is 3.75. The maximum absolute atomic E-state index is 12.9. The molecule has 2 aliphatic rings. The van der Waals surface area contributed by atoms with Crippen LogP contribution in [0.3, 0.4) is 0 Å². The summed E-state index contributed by atoms with van der Waals surface area (Å²) in [4.78, 5) is 38.4. The monoisotopic (exact) mass is 770 g/mol. The van der Waals surface area contributed by atoms with Crippen molar-refractivity contribution < 1.29 is 19.1 Å². The Morgan fingerprint density at radius 2 is 1.13 bits per heavy atom. The number of likely N-dealkylation sites (tertiary alicyclic amines) is 2. The van der Waals surface area contributed by atoms with E-state index in [4.69, 9.17) is 31.2 Å². The second kappa shape index (κ2) is 15.8. The minimum atomic E-state index is -0.520. The number of carbonyl (C=O) groups excluding carboxylic acids is 2. The van der Waals surface area contributed by atoms with Crippen molar-refractivity contribution in [2.75, 3.05) is 13.1 Å². The van der Waals surface area contributed by atoms with E-state index < -0.39 is 11.2 Å². The standard InChI is InChI=1S/C24H30N4O2.C18H25ClN4O2/c1-16-17(2)25-21-15-19(26-28(21)22(16)18-11-7-6-8-12-18)20-13-9-10-14-27(20)23(29)30-24(3,4)5;1-11-12(2)20-15-10-13(21-23(15)16(11)19)14-8-6-7-9-22(14)17(24)25-18(3,4)5/h6-8,11-12,15,20H,9-10,13-14H2,1-5H3;10,14H,6-9H2,1-5H3/t20-;14-/m00/s1. The lowest BCUT2D eigenvalue weighted by Gasteiger charge is -2.35. The lowest BCUT2D eigenvalue weighted by molar-refractivity contribution is 0.00800. The first kappa shape index (κ1) is 40.0. The number of hydrogen-bond acceptors (Lipinski definition) is 8. The highest BCUT2D eigenvalue weighted by Crippen LogP contribution is 2.35. The van der Waals surface area contributed by atoms with Crippen LogP contribution >= 0.6 is 11.6 Å². The molecule has 0 bridgehead atoms. The Balaban J connectivity index is 0.000000190. The highest BCUT2D eigenvalue weighted by Gasteiger charge is 2.35. The van der Waals surface area contributed by atoms with E-state index in [1.54, 1.807) is 9.42 Å². The average molecular weight is 771 g/mol. The molecule has 5 aromatic rings. The molecule has 2 aliphatic heterocycles. The van der Waals surface area contributed by atoms with E-state index in [0.717, 1.165) is 89.3 Å². The fraction of sp³-hybridized carbons (Fsp3) is 0.524. The summed E-state index contributed by atoms with van der Waals surface area (Å²) in [6.07, 6.45) is 5.25. The Labute approximate surface area is 329 Å². The van der Waals surface area contributed by atoms with E-state index in [1.807, 2.05) is 102 Å². The van der Waals surface area contributed by atoms with Crippen molar-refractivity contribution in [1.29, 1.82) is 0 Å². The molecular formula is C42H55ClN8O4. The second-order valence-electron chi connectivity index (χ2n) is 16.7. The molecule has 13 heteroatoms. The topological polar surface area (TPSA) is 119 Å². The van der Waals surface area contributed by atoms with Crippen LogP contribution in [0.2, 0.25) is 5.15 Å². The van der Waals surface area contributed by atoms with Gasteiger partial charge in [0.1, 0.15) is 16.4 Å². The smallest absolute Gasteiger partial charge is 0.410 e. The molecule has 6 heterocycles. The first-order chi connectivity index (χ1) is 25.9. The number of nitrogens with zero attached hydrogens (tertiary/aromatic N) is 8. The van der Waals surface area contributed by atoms with Gasteiger partial charge in [-0.25, -0.2) is 28.6 Å². The zero-order valence-corrected chi connectivity index (χ0v) is 34.7. The van der Waals surface area contributed by atoms with Crippen LogP contribution in [0.15, 0.2) is 42.5 Å². The van der Waals surface area contributed by atoms with E-state index >= 15 is 0 Å². The fourth-order valence-corrected chi connectivity index (χ4v) is 7.47. The van der Waals surface area contributed by atoms with Crippen molar-refractivity contribution in [3.05, 3.63) is 81.5 Å². The second-order valence-corrected chi connectivity index (χ2v) is 17.1. The van der Waals surface area contributed by atoms with Crippen molar-refractivity contribution >= 4 is 35.1 Å². The summed E-state index contributed by atoms with van der Waals surface area (Å²) in [5.74, 6) is 0.